The highest BCUT2D eigenvalue weighted by atomic mass is 16.5. The van der Waals surface area contributed by atoms with Crippen LogP contribution in [0.3, 0.4) is 0 Å². The fraction of sp³-hybridized carbons (Fsp3) is 0.532. The van der Waals surface area contributed by atoms with Crippen LogP contribution in [-0.4, -0.2) is 115 Å². The van der Waals surface area contributed by atoms with Gasteiger partial charge < -0.3 is 44.9 Å². The number of ether oxygens (including phenoxy) is 3. The van der Waals surface area contributed by atoms with E-state index in [1.54, 1.807) is 0 Å². The highest BCUT2D eigenvalue weighted by molar-refractivity contribution is 5.92. The van der Waals surface area contributed by atoms with Gasteiger partial charge in [-0.25, -0.2) is 0 Å². The van der Waals surface area contributed by atoms with Crippen LogP contribution in [0.4, 0.5) is 0 Å². The summed E-state index contributed by atoms with van der Waals surface area (Å²) in [4.78, 5) is 123. The maximum Gasteiger partial charge on any atom is 0.307 e. The highest BCUT2D eigenvalue weighted by Gasteiger charge is 2.31. The molecule has 0 saturated carbocycles. The third kappa shape index (κ3) is 18.4. The lowest BCUT2D eigenvalue weighted by atomic mass is 9.94. The minimum absolute atomic E-state index is 0.0146. The molecule has 17 nitrogen and oxygen atoms in total. The second-order valence-electron chi connectivity index (χ2n) is 16.1. The summed E-state index contributed by atoms with van der Waals surface area (Å²) >= 11 is 0. The number of benzene rings is 2. The average Bonchev–Trinajstić information content (AvgIpc) is 3.56. The van der Waals surface area contributed by atoms with E-state index in [1.807, 2.05) is 48.5 Å². The van der Waals surface area contributed by atoms with E-state index >= 15 is 0 Å². The molecule has 0 radical (unpaired) electrons. The van der Waals surface area contributed by atoms with Crippen LogP contribution in [0.1, 0.15) is 109 Å². The molecule has 0 heterocycles. The van der Waals surface area contributed by atoms with Gasteiger partial charge in [0.15, 0.2) is 17.3 Å². The Balaban J connectivity index is 1.37. The molecule has 0 aliphatic heterocycles. The number of carboxylic acid groups (broad SMARTS) is 1. The summed E-state index contributed by atoms with van der Waals surface area (Å²) < 4.78 is 16.4. The van der Waals surface area contributed by atoms with Crippen LogP contribution in [0.25, 0.3) is 11.1 Å². The molecule has 4 N–H and O–H groups in total. The van der Waals surface area contributed by atoms with E-state index in [0.29, 0.717) is 0 Å². The number of ketones is 5. The minimum Gasteiger partial charge on any atom is -0.481 e. The third-order valence-corrected chi connectivity index (χ3v) is 10.8. The summed E-state index contributed by atoms with van der Waals surface area (Å²) in [6.45, 7) is 5.16. The number of esters is 1. The fourth-order valence-electron chi connectivity index (χ4n) is 7.22. The minimum atomic E-state index is -1.21. The van der Waals surface area contributed by atoms with E-state index in [0.717, 1.165) is 22.3 Å². The van der Waals surface area contributed by atoms with Gasteiger partial charge in [0.2, 0.25) is 17.7 Å². The van der Waals surface area contributed by atoms with E-state index in [4.69, 9.17) is 14.2 Å². The molecular weight excluding hydrogens is 831 g/mol. The Bertz CT molecular complexity index is 1950. The van der Waals surface area contributed by atoms with Crippen LogP contribution in [0.5, 0.6) is 0 Å². The molecule has 4 atom stereocenters. The van der Waals surface area contributed by atoms with Crippen molar-refractivity contribution in [1.82, 2.24) is 16.0 Å². The lowest BCUT2D eigenvalue weighted by Gasteiger charge is -2.21. The Morgan fingerprint density at radius 2 is 1.14 bits per heavy atom. The van der Waals surface area contributed by atoms with Gasteiger partial charge in [-0.1, -0.05) is 48.5 Å². The quantitative estimate of drug-likeness (QED) is 0.0605. The monoisotopic (exact) mass is 891 g/mol. The number of nitrogens with one attached hydrogen (secondary N) is 3. The molecule has 1 aliphatic rings. The molecule has 17 heteroatoms. The van der Waals surface area contributed by atoms with E-state index in [9.17, 15) is 53.1 Å². The summed E-state index contributed by atoms with van der Waals surface area (Å²) in [5.41, 5.74) is 4.20. The van der Waals surface area contributed by atoms with Crippen molar-refractivity contribution in [2.75, 3.05) is 39.6 Å². The number of carbonyl (C=O) groups excluding carboxylic acids is 9. The van der Waals surface area contributed by atoms with Gasteiger partial charge in [-0.05, 0) is 75.6 Å². The van der Waals surface area contributed by atoms with Gasteiger partial charge in [0, 0.05) is 50.5 Å². The molecule has 0 saturated heterocycles. The first kappa shape index (κ1) is 52.4. The Hall–Kier alpha value is -5.94. The zero-order valence-corrected chi connectivity index (χ0v) is 37.1. The van der Waals surface area contributed by atoms with Gasteiger partial charge in [0.1, 0.15) is 24.8 Å². The van der Waals surface area contributed by atoms with Gasteiger partial charge in [0.05, 0.1) is 44.2 Å². The van der Waals surface area contributed by atoms with E-state index in [1.165, 1.54) is 27.7 Å². The molecule has 64 heavy (non-hydrogen) atoms. The average molecular weight is 892 g/mol. The van der Waals surface area contributed by atoms with E-state index in [2.05, 4.69) is 16.0 Å². The Morgan fingerprint density at radius 3 is 1.70 bits per heavy atom. The standard InChI is InChI=1S/C47H61N3O14/c1-29(51)13-17-41(31(3)53)49-44(57)20-15-33(46(59)50-42(32(4)54)18-14-30(2)52)25-35(55)27-63-24-23-62-22-21-48-43(56)19-16-34(47(60)61)26-45(58)64-28-40-38-11-7-5-9-36(38)37-10-6-8-12-39(37)40/h5-12,33-34,40-42H,13-28H2,1-4H3,(H,48,56)(H,49,57)(H,50,59)(H,60,61). The number of hydrogen-bond donors (Lipinski definition) is 4. The highest BCUT2D eigenvalue weighted by Crippen LogP contribution is 2.44. The van der Waals surface area contributed by atoms with Crippen molar-refractivity contribution in [1.29, 1.82) is 0 Å². The van der Waals surface area contributed by atoms with Crippen LogP contribution in [0.15, 0.2) is 48.5 Å². The Labute approximate surface area is 373 Å². The molecular formula is C47H61N3O14. The maximum absolute atomic E-state index is 13.3. The SMILES string of the molecule is CC(=O)CCC(NC(=O)CCC(CC(=O)COCCOCCNC(=O)CCC(CC(=O)OCC1c2ccccc2-c2ccccc21)C(=O)O)C(=O)NC(CCC(C)=O)C(C)=O)C(C)=O. The normalized spacial score (nSPS) is 13.6. The lowest BCUT2D eigenvalue weighted by Crippen LogP contribution is -2.44. The number of hydrogen-bond acceptors (Lipinski definition) is 13. The van der Waals surface area contributed by atoms with Crippen LogP contribution >= 0.6 is 0 Å². The summed E-state index contributed by atoms with van der Waals surface area (Å²) in [6, 6.07) is 13.9. The van der Waals surface area contributed by atoms with Gasteiger partial charge in [-0.15, -0.1) is 0 Å². The van der Waals surface area contributed by atoms with Crippen molar-refractivity contribution in [3.05, 3.63) is 59.7 Å². The first-order chi connectivity index (χ1) is 30.5. The number of carboxylic acids is 1. The predicted octanol–water partition coefficient (Wildman–Crippen LogP) is 3.60. The maximum atomic E-state index is 13.3. The molecule has 0 aromatic heterocycles. The fourth-order valence-corrected chi connectivity index (χ4v) is 7.22. The molecule has 3 amide bonds. The van der Waals surface area contributed by atoms with Gasteiger partial charge >= 0.3 is 11.9 Å². The number of rotatable bonds is 32. The second kappa shape index (κ2) is 27.3. The van der Waals surface area contributed by atoms with Crippen LogP contribution in [0, 0.1) is 11.8 Å². The van der Waals surface area contributed by atoms with Gasteiger partial charge in [-0.3, -0.25) is 38.4 Å². The summed E-state index contributed by atoms with van der Waals surface area (Å²) in [7, 11) is 0. The lowest BCUT2D eigenvalue weighted by molar-refractivity contribution is -0.152. The van der Waals surface area contributed by atoms with Crippen LogP contribution in [0.2, 0.25) is 0 Å². The zero-order chi connectivity index (χ0) is 47.2. The Kier molecular flexibility index (Phi) is 22.3. The van der Waals surface area contributed by atoms with Crippen LogP contribution in [-0.2, 0) is 62.2 Å². The second-order valence-corrected chi connectivity index (χ2v) is 16.1. The van der Waals surface area contributed by atoms with Crippen molar-refractivity contribution in [2.24, 2.45) is 11.8 Å². The van der Waals surface area contributed by atoms with Gasteiger partial charge in [-0.2, -0.15) is 0 Å². The summed E-state index contributed by atoms with van der Waals surface area (Å²) in [5.74, 6) is -7.39. The number of Topliss-reactive ketones (excluding diaryl/α,β-unsaturated/α-hetero) is 5. The first-order valence-electron chi connectivity index (χ1n) is 21.6. The molecule has 1 aliphatic carbocycles. The van der Waals surface area contributed by atoms with Crippen LogP contribution < -0.4 is 16.0 Å². The largest absolute Gasteiger partial charge is 0.481 e. The topological polar surface area (TPSA) is 255 Å². The molecule has 0 fully saturated rings. The molecule has 2 aromatic carbocycles. The molecule has 0 spiro atoms. The van der Waals surface area contributed by atoms with Crippen molar-refractivity contribution in [2.45, 2.75) is 110 Å². The Morgan fingerprint density at radius 1 is 0.609 bits per heavy atom. The van der Waals surface area contributed by atoms with E-state index < -0.39 is 66.0 Å². The molecule has 3 rings (SSSR count). The smallest absolute Gasteiger partial charge is 0.307 e. The number of carbonyl (C=O) groups is 10. The first-order valence-corrected chi connectivity index (χ1v) is 21.6. The molecule has 0 bridgehead atoms. The van der Waals surface area contributed by atoms with E-state index in [-0.39, 0.29) is 126 Å². The number of amides is 3. The predicted molar refractivity (Wildman–Crippen MR) is 232 cm³/mol. The summed E-state index contributed by atoms with van der Waals surface area (Å²) in [6.07, 6.45) is -0.963. The number of aliphatic carboxylic acids is 1. The molecule has 2 aromatic rings. The molecule has 4 unspecified atom stereocenters. The van der Waals surface area contributed by atoms with Crippen molar-refractivity contribution >= 4 is 58.6 Å². The summed E-state index contributed by atoms with van der Waals surface area (Å²) in [5, 5.41) is 17.5. The van der Waals surface area contributed by atoms with Crippen molar-refractivity contribution in [3.8, 4) is 11.1 Å². The van der Waals surface area contributed by atoms with Gasteiger partial charge in [0.25, 0.3) is 0 Å². The number of fused-ring (bicyclic) bond motifs is 3. The third-order valence-electron chi connectivity index (χ3n) is 10.8. The zero-order valence-electron chi connectivity index (χ0n) is 37.1. The van der Waals surface area contributed by atoms with Crippen molar-refractivity contribution < 1.29 is 67.3 Å². The molecule has 348 valence electrons. The van der Waals surface area contributed by atoms with Crippen molar-refractivity contribution in [3.63, 3.8) is 0 Å².